The molecule has 0 spiro atoms. The summed E-state index contributed by atoms with van der Waals surface area (Å²) < 4.78 is 0. The number of likely N-dealkylation sites (tertiary alicyclic amines) is 1. The molecule has 1 saturated heterocycles. The first kappa shape index (κ1) is 14.9. The van der Waals surface area contributed by atoms with Crippen LogP contribution in [0.25, 0.3) is 0 Å². The molecule has 110 valence electrons. The number of hydrogen-bond donors (Lipinski definition) is 1. The first-order valence-electron chi connectivity index (χ1n) is 7.81. The van der Waals surface area contributed by atoms with Crippen molar-refractivity contribution < 1.29 is 4.79 Å². The van der Waals surface area contributed by atoms with Crippen LogP contribution in [0, 0.1) is 6.92 Å². The van der Waals surface area contributed by atoms with Crippen molar-refractivity contribution in [3.63, 3.8) is 0 Å². The molecule has 0 aromatic heterocycles. The molecule has 0 radical (unpaired) electrons. The van der Waals surface area contributed by atoms with Crippen LogP contribution in [0.15, 0.2) is 24.3 Å². The molecule has 1 N–H and O–H groups in total. The fourth-order valence-corrected chi connectivity index (χ4v) is 2.99. The van der Waals surface area contributed by atoms with Gasteiger partial charge in [0.2, 0.25) is 0 Å². The number of rotatable bonds is 4. The topological polar surface area (TPSA) is 32.3 Å². The van der Waals surface area contributed by atoms with Crippen LogP contribution in [0.2, 0.25) is 0 Å². The molecule has 1 heterocycles. The fourth-order valence-electron chi connectivity index (χ4n) is 2.99. The van der Waals surface area contributed by atoms with Crippen molar-refractivity contribution in [2.45, 2.75) is 52.0 Å². The molecular weight excluding hydrogens is 248 g/mol. The lowest BCUT2D eigenvalue weighted by Crippen LogP contribution is -2.48. The van der Waals surface area contributed by atoms with E-state index >= 15 is 0 Å². The van der Waals surface area contributed by atoms with Gasteiger partial charge in [-0.05, 0) is 50.2 Å². The molecule has 1 aliphatic rings. The number of hydrogen-bond acceptors (Lipinski definition) is 1. The molecule has 0 bridgehead atoms. The molecular formula is C17H26N2O. The van der Waals surface area contributed by atoms with Crippen LogP contribution in [0.5, 0.6) is 0 Å². The van der Waals surface area contributed by atoms with E-state index in [9.17, 15) is 4.79 Å². The Hall–Kier alpha value is -1.51. The summed E-state index contributed by atoms with van der Waals surface area (Å²) >= 11 is 0. The molecule has 1 aliphatic heterocycles. The van der Waals surface area contributed by atoms with Gasteiger partial charge in [0, 0.05) is 19.1 Å². The monoisotopic (exact) mass is 274 g/mol. The summed E-state index contributed by atoms with van der Waals surface area (Å²) in [6.07, 6.45) is 5.52. The summed E-state index contributed by atoms with van der Waals surface area (Å²) in [5, 5.41) is 3.08. The summed E-state index contributed by atoms with van der Waals surface area (Å²) in [6, 6.07) is 8.91. The summed E-state index contributed by atoms with van der Waals surface area (Å²) in [5.41, 5.74) is 2.62. The van der Waals surface area contributed by atoms with Crippen molar-refractivity contribution in [1.82, 2.24) is 10.2 Å². The third-order valence-electron chi connectivity index (χ3n) is 4.29. The number of piperidine rings is 1. The third-order valence-corrected chi connectivity index (χ3v) is 4.29. The minimum atomic E-state index is 0.116. The lowest BCUT2D eigenvalue weighted by molar-refractivity contribution is 0.149. The number of nitrogens with one attached hydrogen (secondary N) is 1. The van der Waals surface area contributed by atoms with Gasteiger partial charge in [0.25, 0.3) is 0 Å². The van der Waals surface area contributed by atoms with Gasteiger partial charge in [0.05, 0.1) is 0 Å². The van der Waals surface area contributed by atoms with Crippen LogP contribution in [0.3, 0.4) is 0 Å². The molecule has 1 aromatic carbocycles. The predicted molar refractivity (Wildman–Crippen MR) is 82.9 cm³/mol. The largest absolute Gasteiger partial charge is 0.338 e. The second-order valence-corrected chi connectivity index (χ2v) is 5.66. The Morgan fingerprint density at radius 2 is 2.15 bits per heavy atom. The van der Waals surface area contributed by atoms with Crippen LogP contribution in [0.4, 0.5) is 4.79 Å². The number of nitrogens with zero attached hydrogens (tertiary/aromatic N) is 1. The summed E-state index contributed by atoms with van der Waals surface area (Å²) in [5.74, 6) is 0. The van der Waals surface area contributed by atoms with Gasteiger partial charge in [-0.15, -0.1) is 0 Å². The molecule has 20 heavy (non-hydrogen) atoms. The van der Waals surface area contributed by atoms with Crippen LogP contribution in [0.1, 0.15) is 43.7 Å². The molecule has 2 rings (SSSR count). The van der Waals surface area contributed by atoms with Gasteiger partial charge in [0.1, 0.15) is 0 Å². The quantitative estimate of drug-likeness (QED) is 0.895. The first-order valence-corrected chi connectivity index (χ1v) is 7.81. The number of carbonyl (C=O) groups is 1. The Balaban J connectivity index is 1.81. The van der Waals surface area contributed by atoms with Gasteiger partial charge in [0.15, 0.2) is 0 Å². The number of carbonyl (C=O) groups excluding carboxylic acids is 1. The second kappa shape index (κ2) is 7.32. The minimum absolute atomic E-state index is 0.116. The van der Waals surface area contributed by atoms with E-state index in [1.54, 1.807) is 0 Å². The molecule has 3 heteroatoms. The Kier molecular flexibility index (Phi) is 5.45. The first-order chi connectivity index (χ1) is 9.72. The van der Waals surface area contributed by atoms with Crippen LogP contribution in [-0.4, -0.2) is 30.1 Å². The molecule has 0 aliphatic carbocycles. The molecule has 1 aromatic rings. The summed E-state index contributed by atoms with van der Waals surface area (Å²) in [6.45, 7) is 5.92. The molecule has 3 nitrogen and oxygen atoms in total. The molecule has 1 atom stereocenters. The van der Waals surface area contributed by atoms with E-state index < -0.39 is 0 Å². The van der Waals surface area contributed by atoms with Crippen molar-refractivity contribution in [2.75, 3.05) is 13.1 Å². The number of amides is 2. The van der Waals surface area contributed by atoms with Gasteiger partial charge in [-0.1, -0.05) is 31.2 Å². The smallest absolute Gasteiger partial charge is 0.317 e. The average Bonchev–Trinajstić information content (AvgIpc) is 2.49. The van der Waals surface area contributed by atoms with Gasteiger partial charge in [-0.25, -0.2) is 4.79 Å². The predicted octanol–water partition coefficient (Wildman–Crippen LogP) is 3.51. The fraction of sp³-hybridized carbons (Fsp3) is 0.588. The standard InChI is InChI=1S/C17H26N2O/c1-3-16-10-6-7-13-19(16)17(20)18-12-11-15-9-5-4-8-14(15)2/h4-5,8-9,16H,3,6-7,10-13H2,1-2H3,(H,18,20). The zero-order chi connectivity index (χ0) is 14.4. The highest BCUT2D eigenvalue weighted by atomic mass is 16.2. The van der Waals surface area contributed by atoms with Gasteiger partial charge in [-0.2, -0.15) is 0 Å². The van der Waals surface area contributed by atoms with Crippen molar-refractivity contribution in [3.8, 4) is 0 Å². The SMILES string of the molecule is CCC1CCCCN1C(=O)NCCc1ccccc1C. The Morgan fingerprint density at radius 1 is 1.35 bits per heavy atom. The Bertz CT molecular complexity index is 444. The second-order valence-electron chi connectivity index (χ2n) is 5.66. The summed E-state index contributed by atoms with van der Waals surface area (Å²) in [4.78, 5) is 14.3. The van der Waals surface area contributed by atoms with Crippen molar-refractivity contribution in [1.29, 1.82) is 0 Å². The lowest BCUT2D eigenvalue weighted by atomic mass is 10.0. The highest BCUT2D eigenvalue weighted by Gasteiger charge is 2.24. The maximum absolute atomic E-state index is 12.3. The maximum Gasteiger partial charge on any atom is 0.317 e. The Morgan fingerprint density at radius 3 is 2.90 bits per heavy atom. The van der Waals surface area contributed by atoms with E-state index in [0.29, 0.717) is 6.04 Å². The van der Waals surface area contributed by atoms with Crippen LogP contribution >= 0.6 is 0 Å². The Labute approximate surface area is 122 Å². The van der Waals surface area contributed by atoms with Crippen molar-refractivity contribution in [3.05, 3.63) is 35.4 Å². The van der Waals surface area contributed by atoms with E-state index in [1.807, 2.05) is 4.90 Å². The average molecular weight is 274 g/mol. The van der Waals surface area contributed by atoms with E-state index in [1.165, 1.54) is 17.5 Å². The molecule has 1 unspecified atom stereocenters. The van der Waals surface area contributed by atoms with Gasteiger partial charge >= 0.3 is 6.03 Å². The van der Waals surface area contributed by atoms with Crippen molar-refractivity contribution in [2.24, 2.45) is 0 Å². The summed E-state index contributed by atoms with van der Waals surface area (Å²) in [7, 11) is 0. The number of benzene rings is 1. The van der Waals surface area contributed by atoms with E-state index in [4.69, 9.17) is 0 Å². The van der Waals surface area contributed by atoms with E-state index in [-0.39, 0.29) is 6.03 Å². The number of aryl methyl sites for hydroxylation is 1. The normalized spacial score (nSPS) is 18.9. The van der Waals surface area contributed by atoms with Crippen LogP contribution < -0.4 is 5.32 Å². The highest BCUT2D eigenvalue weighted by Crippen LogP contribution is 2.19. The van der Waals surface area contributed by atoms with Crippen LogP contribution in [-0.2, 0) is 6.42 Å². The zero-order valence-electron chi connectivity index (χ0n) is 12.7. The molecule has 2 amide bonds. The molecule has 1 fully saturated rings. The highest BCUT2D eigenvalue weighted by molar-refractivity contribution is 5.74. The van der Waals surface area contributed by atoms with Gasteiger partial charge < -0.3 is 10.2 Å². The maximum atomic E-state index is 12.3. The number of urea groups is 1. The van der Waals surface area contributed by atoms with Gasteiger partial charge in [-0.3, -0.25) is 0 Å². The lowest BCUT2D eigenvalue weighted by Gasteiger charge is -2.35. The third kappa shape index (κ3) is 3.75. The van der Waals surface area contributed by atoms with E-state index in [0.717, 1.165) is 38.8 Å². The molecule has 0 saturated carbocycles. The zero-order valence-corrected chi connectivity index (χ0v) is 12.7. The van der Waals surface area contributed by atoms with E-state index in [2.05, 4.69) is 43.4 Å². The van der Waals surface area contributed by atoms with Crippen molar-refractivity contribution >= 4 is 6.03 Å². The minimum Gasteiger partial charge on any atom is -0.338 e.